The van der Waals surface area contributed by atoms with Crippen LogP contribution in [-0.4, -0.2) is 57.7 Å². The number of aryl methyl sites for hydroxylation is 2. The quantitative estimate of drug-likeness (QED) is 0.492. The van der Waals surface area contributed by atoms with Crippen LogP contribution < -0.4 is 4.90 Å². The lowest BCUT2D eigenvalue weighted by atomic mass is 9.97. The van der Waals surface area contributed by atoms with Gasteiger partial charge in [-0.15, -0.1) is 0 Å². The number of benzene rings is 1. The Labute approximate surface area is 186 Å². The molecule has 1 aliphatic heterocycles. The molecule has 1 fully saturated rings. The van der Waals surface area contributed by atoms with E-state index in [9.17, 15) is 4.79 Å². The minimum atomic E-state index is -0.0639. The molecule has 1 atom stereocenters. The smallest absolute Gasteiger partial charge is 0.289 e. The van der Waals surface area contributed by atoms with Crippen LogP contribution in [0.2, 0.25) is 0 Å². The second-order valence-electron chi connectivity index (χ2n) is 8.56. The molecule has 1 unspecified atom stereocenters. The van der Waals surface area contributed by atoms with Crippen LogP contribution in [0.3, 0.4) is 0 Å². The van der Waals surface area contributed by atoms with Gasteiger partial charge >= 0.3 is 0 Å². The van der Waals surface area contributed by atoms with Gasteiger partial charge in [-0.25, -0.2) is 9.97 Å². The molecule has 164 valence electrons. The number of aromatic nitrogens is 4. The van der Waals surface area contributed by atoms with Crippen molar-refractivity contribution in [2.75, 3.05) is 32.1 Å². The first kappa shape index (κ1) is 20.2. The highest BCUT2D eigenvalue weighted by Gasteiger charge is 2.33. The molecule has 8 nitrogen and oxygen atoms in total. The van der Waals surface area contributed by atoms with E-state index in [1.807, 2.05) is 80.7 Å². The number of carbonyl (C=O) groups is 1. The summed E-state index contributed by atoms with van der Waals surface area (Å²) in [6.07, 6.45) is 6.49. The number of hydrogen-bond acceptors (Lipinski definition) is 6. The Morgan fingerprint density at radius 1 is 1.22 bits per heavy atom. The lowest BCUT2D eigenvalue weighted by Gasteiger charge is -2.19. The predicted octanol–water partition coefficient (Wildman–Crippen LogP) is 3.63. The Morgan fingerprint density at radius 3 is 2.75 bits per heavy atom. The summed E-state index contributed by atoms with van der Waals surface area (Å²) in [7, 11) is 5.75. The maximum atomic E-state index is 13.3. The van der Waals surface area contributed by atoms with Crippen LogP contribution >= 0.6 is 0 Å². The monoisotopic (exact) mass is 430 g/mol. The van der Waals surface area contributed by atoms with Crippen LogP contribution in [0.1, 0.15) is 34.2 Å². The maximum Gasteiger partial charge on any atom is 0.289 e. The average Bonchev–Trinajstić information content (AvgIpc) is 3.52. The van der Waals surface area contributed by atoms with E-state index in [0.29, 0.717) is 24.8 Å². The molecule has 3 aromatic heterocycles. The third kappa shape index (κ3) is 3.41. The summed E-state index contributed by atoms with van der Waals surface area (Å²) in [6.45, 7) is 3.20. The van der Waals surface area contributed by atoms with Crippen molar-refractivity contribution < 1.29 is 9.21 Å². The second kappa shape index (κ2) is 7.78. The average molecular weight is 431 g/mol. The van der Waals surface area contributed by atoms with Crippen LogP contribution in [0.4, 0.5) is 5.95 Å². The highest BCUT2D eigenvalue weighted by atomic mass is 16.3. The standard InChI is InChI=1S/C24H26N6O2/c1-15-18-7-5-6-8-20(18)32-22(15)23(31)30-10-9-16(14-30)21-19(17-11-26-29(4)13-17)12-25-24(27-21)28(2)3/h5-8,11-13,16H,9-10,14H2,1-4H3. The number of furan rings is 1. The fraction of sp³-hybridized carbons (Fsp3) is 0.333. The number of para-hydroxylation sites is 1. The Kier molecular flexibility index (Phi) is 4.92. The summed E-state index contributed by atoms with van der Waals surface area (Å²) >= 11 is 0. The van der Waals surface area contributed by atoms with Crippen LogP contribution in [0.5, 0.6) is 0 Å². The molecule has 32 heavy (non-hydrogen) atoms. The van der Waals surface area contributed by atoms with Gasteiger partial charge in [0, 0.05) is 74.6 Å². The summed E-state index contributed by atoms with van der Waals surface area (Å²) in [6, 6.07) is 7.77. The third-order valence-electron chi connectivity index (χ3n) is 6.12. The van der Waals surface area contributed by atoms with Gasteiger partial charge in [-0.1, -0.05) is 18.2 Å². The zero-order chi connectivity index (χ0) is 22.4. The number of carbonyl (C=O) groups excluding carboxylic acids is 1. The van der Waals surface area contributed by atoms with Gasteiger partial charge in [-0.3, -0.25) is 9.48 Å². The van der Waals surface area contributed by atoms with Crippen molar-refractivity contribution in [2.45, 2.75) is 19.3 Å². The normalized spacial score (nSPS) is 16.1. The fourth-order valence-electron chi connectivity index (χ4n) is 4.38. The topological polar surface area (TPSA) is 80.3 Å². The van der Waals surface area contributed by atoms with Crippen LogP contribution in [0.15, 0.2) is 47.3 Å². The number of fused-ring (bicyclic) bond motifs is 1. The van der Waals surface area contributed by atoms with Crippen molar-refractivity contribution in [1.82, 2.24) is 24.6 Å². The number of nitrogens with zero attached hydrogens (tertiary/aromatic N) is 6. The molecule has 5 rings (SSSR count). The van der Waals surface area contributed by atoms with Crippen molar-refractivity contribution in [3.63, 3.8) is 0 Å². The molecule has 4 aromatic rings. The van der Waals surface area contributed by atoms with Crippen LogP contribution in [-0.2, 0) is 7.05 Å². The van der Waals surface area contributed by atoms with Gasteiger partial charge in [0.05, 0.1) is 11.9 Å². The zero-order valence-electron chi connectivity index (χ0n) is 18.7. The molecular formula is C24H26N6O2. The lowest BCUT2D eigenvalue weighted by Crippen LogP contribution is -2.28. The molecule has 1 saturated heterocycles. The van der Waals surface area contributed by atoms with E-state index in [2.05, 4.69) is 10.1 Å². The van der Waals surface area contributed by atoms with Gasteiger partial charge in [0.25, 0.3) is 5.91 Å². The number of rotatable bonds is 4. The molecule has 1 aliphatic rings. The highest BCUT2D eigenvalue weighted by molar-refractivity contribution is 5.99. The van der Waals surface area contributed by atoms with E-state index in [1.54, 1.807) is 4.68 Å². The summed E-state index contributed by atoms with van der Waals surface area (Å²) in [5.41, 5.74) is 4.53. The predicted molar refractivity (Wildman–Crippen MR) is 123 cm³/mol. The highest BCUT2D eigenvalue weighted by Crippen LogP contribution is 2.35. The molecule has 0 bridgehead atoms. The van der Waals surface area contributed by atoms with Gasteiger partial charge in [-0.2, -0.15) is 5.10 Å². The molecule has 0 radical (unpaired) electrons. The van der Waals surface area contributed by atoms with E-state index in [0.717, 1.165) is 39.8 Å². The molecule has 8 heteroatoms. The summed E-state index contributed by atoms with van der Waals surface area (Å²) < 4.78 is 7.70. The molecule has 1 aromatic carbocycles. The van der Waals surface area contributed by atoms with Crippen molar-refractivity contribution in [3.05, 3.63) is 59.9 Å². The zero-order valence-corrected chi connectivity index (χ0v) is 18.7. The van der Waals surface area contributed by atoms with Crippen LogP contribution in [0.25, 0.3) is 22.1 Å². The van der Waals surface area contributed by atoms with Crippen molar-refractivity contribution in [3.8, 4) is 11.1 Å². The molecule has 0 N–H and O–H groups in total. The Hall–Kier alpha value is -3.68. The molecule has 0 spiro atoms. The van der Waals surface area contributed by atoms with E-state index in [1.165, 1.54) is 0 Å². The maximum absolute atomic E-state index is 13.3. The Bertz CT molecular complexity index is 1310. The Morgan fingerprint density at radius 2 is 2.03 bits per heavy atom. The van der Waals surface area contributed by atoms with Gasteiger partial charge in [-0.05, 0) is 19.4 Å². The first-order valence-corrected chi connectivity index (χ1v) is 10.7. The summed E-state index contributed by atoms with van der Waals surface area (Å²) in [5, 5.41) is 5.29. The van der Waals surface area contributed by atoms with E-state index in [-0.39, 0.29) is 11.8 Å². The molecular weight excluding hydrogens is 404 g/mol. The fourth-order valence-corrected chi connectivity index (χ4v) is 4.38. The lowest BCUT2D eigenvalue weighted by molar-refractivity contribution is 0.0760. The second-order valence-corrected chi connectivity index (χ2v) is 8.56. The molecule has 1 amide bonds. The minimum absolute atomic E-state index is 0.0639. The molecule has 4 heterocycles. The SMILES string of the molecule is Cc1c(C(=O)N2CCC(c3nc(N(C)C)ncc3-c3cnn(C)c3)C2)oc2ccccc12. The van der Waals surface area contributed by atoms with Gasteiger partial charge in [0.2, 0.25) is 5.95 Å². The van der Waals surface area contributed by atoms with Gasteiger partial charge in [0.15, 0.2) is 5.76 Å². The van der Waals surface area contributed by atoms with E-state index < -0.39 is 0 Å². The van der Waals surface area contributed by atoms with E-state index in [4.69, 9.17) is 9.40 Å². The van der Waals surface area contributed by atoms with Gasteiger partial charge < -0.3 is 14.2 Å². The Balaban J connectivity index is 1.46. The van der Waals surface area contributed by atoms with Crippen molar-refractivity contribution in [2.24, 2.45) is 7.05 Å². The minimum Gasteiger partial charge on any atom is -0.451 e. The molecule has 0 aliphatic carbocycles. The first-order valence-electron chi connectivity index (χ1n) is 10.7. The van der Waals surface area contributed by atoms with Crippen molar-refractivity contribution >= 4 is 22.8 Å². The largest absolute Gasteiger partial charge is 0.451 e. The number of hydrogen-bond donors (Lipinski definition) is 0. The molecule has 0 saturated carbocycles. The first-order chi connectivity index (χ1) is 15.4. The van der Waals surface area contributed by atoms with Crippen molar-refractivity contribution in [1.29, 1.82) is 0 Å². The summed E-state index contributed by atoms with van der Waals surface area (Å²) in [5.74, 6) is 1.13. The number of anilines is 1. The number of likely N-dealkylation sites (tertiary alicyclic amines) is 1. The van der Waals surface area contributed by atoms with Crippen LogP contribution in [0, 0.1) is 6.92 Å². The van der Waals surface area contributed by atoms with Gasteiger partial charge in [0.1, 0.15) is 5.58 Å². The summed E-state index contributed by atoms with van der Waals surface area (Å²) in [4.78, 5) is 26.5. The third-order valence-corrected chi connectivity index (χ3v) is 6.12. The number of amides is 1. The van der Waals surface area contributed by atoms with E-state index >= 15 is 0 Å².